The fourth-order valence-electron chi connectivity index (χ4n) is 3.25. The summed E-state index contributed by atoms with van der Waals surface area (Å²) in [7, 11) is 0. The second-order valence-corrected chi connectivity index (χ2v) is 6.60. The largest absolute Gasteiger partial charge is 0.373 e. The van der Waals surface area contributed by atoms with Crippen molar-refractivity contribution >= 4 is 5.91 Å². The predicted octanol–water partition coefficient (Wildman–Crippen LogP) is 1.20. The summed E-state index contributed by atoms with van der Waals surface area (Å²) >= 11 is 0. The number of carbonyl (C=O) groups is 1. The quantitative estimate of drug-likeness (QED) is 0.853. The minimum absolute atomic E-state index is 0.0751. The van der Waals surface area contributed by atoms with Gasteiger partial charge in [0.05, 0.1) is 18.4 Å². The van der Waals surface area contributed by atoms with E-state index in [0.717, 1.165) is 25.2 Å². The molecule has 1 fully saturated rings. The van der Waals surface area contributed by atoms with Crippen LogP contribution in [-0.2, 0) is 29.2 Å². The van der Waals surface area contributed by atoms with Gasteiger partial charge in [-0.2, -0.15) is 0 Å². The Balaban J connectivity index is 1.58. The molecule has 0 spiro atoms. The number of hydrogen-bond acceptors (Lipinski definition) is 5. The number of hydrogen-bond donors (Lipinski definition) is 1. The van der Waals surface area contributed by atoms with Gasteiger partial charge in [0, 0.05) is 32.4 Å². The van der Waals surface area contributed by atoms with Crippen LogP contribution in [0, 0.1) is 0 Å². The first-order valence-electron chi connectivity index (χ1n) is 8.65. The Kier molecular flexibility index (Phi) is 5.78. The predicted molar refractivity (Wildman–Crippen MR) is 93.6 cm³/mol. The summed E-state index contributed by atoms with van der Waals surface area (Å²) in [6.07, 6.45) is 3.73. The van der Waals surface area contributed by atoms with Gasteiger partial charge < -0.3 is 10.1 Å². The summed E-state index contributed by atoms with van der Waals surface area (Å²) in [5, 5.41) is 10.5. The maximum atomic E-state index is 12.0. The van der Waals surface area contributed by atoms with E-state index in [1.807, 2.05) is 12.1 Å². The Hall–Kier alpha value is -2.25. The molecule has 1 aromatic heterocycles. The fraction of sp³-hybridized carbons (Fsp3) is 0.500. The maximum Gasteiger partial charge on any atom is 0.242 e. The van der Waals surface area contributed by atoms with Gasteiger partial charge in [-0.3, -0.25) is 9.69 Å². The van der Waals surface area contributed by atoms with Crippen LogP contribution in [0.2, 0.25) is 0 Å². The van der Waals surface area contributed by atoms with Gasteiger partial charge in [-0.25, -0.2) is 4.68 Å². The van der Waals surface area contributed by atoms with E-state index in [2.05, 4.69) is 46.5 Å². The first kappa shape index (κ1) is 17.6. The Bertz CT molecular complexity index is 679. The molecule has 1 aliphatic heterocycles. The number of nitrogens with zero attached hydrogens (tertiary/aromatic N) is 4. The van der Waals surface area contributed by atoms with Gasteiger partial charge in [-0.15, -0.1) is 5.10 Å². The SMILES string of the molecule is CC1CN(Cc2ccccc2CNC(=O)Cn2ccnn2)CC(C)O1. The lowest BCUT2D eigenvalue weighted by Crippen LogP contribution is -2.45. The molecule has 0 saturated carbocycles. The minimum atomic E-state index is -0.0751. The van der Waals surface area contributed by atoms with E-state index in [4.69, 9.17) is 4.74 Å². The molecular formula is C18H25N5O2. The van der Waals surface area contributed by atoms with Crippen molar-refractivity contribution in [2.24, 2.45) is 0 Å². The van der Waals surface area contributed by atoms with Gasteiger partial charge in [-0.1, -0.05) is 29.5 Å². The number of carbonyl (C=O) groups excluding carboxylic acids is 1. The molecule has 3 rings (SSSR count). The van der Waals surface area contributed by atoms with Crippen molar-refractivity contribution in [2.75, 3.05) is 13.1 Å². The lowest BCUT2D eigenvalue weighted by molar-refractivity contribution is -0.122. The van der Waals surface area contributed by atoms with Crippen LogP contribution >= 0.6 is 0 Å². The smallest absolute Gasteiger partial charge is 0.242 e. The van der Waals surface area contributed by atoms with Crippen LogP contribution in [-0.4, -0.2) is 51.1 Å². The van der Waals surface area contributed by atoms with E-state index >= 15 is 0 Å². The molecule has 0 bridgehead atoms. The monoisotopic (exact) mass is 343 g/mol. The first-order valence-corrected chi connectivity index (χ1v) is 8.65. The molecule has 1 N–H and O–H groups in total. The third-order valence-electron chi connectivity index (χ3n) is 4.26. The highest BCUT2D eigenvalue weighted by Gasteiger charge is 2.22. The summed E-state index contributed by atoms with van der Waals surface area (Å²) in [5.41, 5.74) is 2.38. The van der Waals surface area contributed by atoms with Crippen LogP contribution in [0.15, 0.2) is 36.7 Å². The maximum absolute atomic E-state index is 12.0. The van der Waals surface area contributed by atoms with Gasteiger partial charge in [-0.05, 0) is 25.0 Å². The van der Waals surface area contributed by atoms with E-state index in [1.165, 1.54) is 10.2 Å². The van der Waals surface area contributed by atoms with E-state index in [1.54, 1.807) is 12.4 Å². The van der Waals surface area contributed by atoms with Crippen molar-refractivity contribution in [1.29, 1.82) is 0 Å². The molecule has 1 amide bonds. The number of amides is 1. The number of benzene rings is 1. The highest BCUT2D eigenvalue weighted by molar-refractivity contribution is 5.75. The molecule has 0 radical (unpaired) electrons. The second-order valence-electron chi connectivity index (χ2n) is 6.60. The third kappa shape index (κ3) is 5.11. The highest BCUT2D eigenvalue weighted by Crippen LogP contribution is 2.17. The third-order valence-corrected chi connectivity index (χ3v) is 4.26. The molecule has 1 aromatic carbocycles. The lowest BCUT2D eigenvalue weighted by Gasteiger charge is -2.35. The highest BCUT2D eigenvalue weighted by atomic mass is 16.5. The van der Waals surface area contributed by atoms with Gasteiger partial charge in [0.2, 0.25) is 5.91 Å². The van der Waals surface area contributed by atoms with Gasteiger partial charge in [0.25, 0.3) is 0 Å². The summed E-state index contributed by atoms with van der Waals surface area (Å²) in [6.45, 7) is 7.64. The van der Waals surface area contributed by atoms with Crippen LogP contribution in [0.5, 0.6) is 0 Å². The molecule has 1 aliphatic rings. The van der Waals surface area contributed by atoms with E-state index in [-0.39, 0.29) is 24.7 Å². The van der Waals surface area contributed by atoms with Crippen LogP contribution < -0.4 is 5.32 Å². The number of aromatic nitrogens is 3. The van der Waals surface area contributed by atoms with Crippen LogP contribution in [0.25, 0.3) is 0 Å². The zero-order valence-electron chi connectivity index (χ0n) is 14.8. The molecule has 7 nitrogen and oxygen atoms in total. The normalized spacial score (nSPS) is 21.2. The number of ether oxygens (including phenoxy) is 1. The summed E-state index contributed by atoms with van der Waals surface area (Å²) in [4.78, 5) is 14.5. The molecule has 25 heavy (non-hydrogen) atoms. The van der Waals surface area contributed by atoms with Crippen molar-refractivity contribution in [1.82, 2.24) is 25.2 Å². The van der Waals surface area contributed by atoms with Crippen molar-refractivity contribution in [3.05, 3.63) is 47.8 Å². The standard InChI is InChI=1S/C18H25N5O2/c1-14-10-22(11-15(2)25-14)12-17-6-4-3-5-16(17)9-19-18(24)13-23-8-7-20-21-23/h3-8,14-15H,9-13H2,1-2H3,(H,19,24). The summed E-state index contributed by atoms with van der Waals surface area (Å²) < 4.78 is 7.31. The van der Waals surface area contributed by atoms with E-state index < -0.39 is 0 Å². The van der Waals surface area contributed by atoms with Gasteiger partial charge >= 0.3 is 0 Å². The minimum Gasteiger partial charge on any atom is -0.373 e. The van der Waals surface area contributed by atoms with Crippen molar-refractivity contribution < 1.29 is 9.53 Å². The zero-order valence-corrected chi connectivity index (χ0v) is 14.8. The number of morpholine rings is 1. The average molecular weight is 343 g/mol. The van der Waals surface area contributed by atoms with Gasteiger partial charge in [0.15, 0.2) is 0 Å². The Morgan fingerprint density at radius 2 is 1.96 bits per heavy atom. The van der Waals surface area contributed by atoms with E-state index in [0.29, 0.717) is 6.54 Å². The summed E-state index contributed by atoms with van der Waals surface area (Å²) in [5.74, 6) is -0.0751. The summed E-state index contributed by atoms with van der Waals surface area (Å²) in [6, 6.07) is 8.25. The molecule has 2 atom stereocenters. The Labute approximate surface area is 148 Å². The van der Waals surface area contributed by atoms with Gasteiger partial charge in [0.1, 0.15) is 6.54 Å². The molecular weight excluding hydrogens is 318 g/mol. The van der Waals surface area contributed by atoms with Crippen molar-refractivity contribution in [3.8, 4) is 0 Å². The second kappa shape index (κ2) is 8.22. The van der Waals surface area contributed by atoms with Crippen LogP contribution in [0.4, 0.5) is 0 Å². The lowest BCUT2D eigenvalue weighted by atomic mass is 10.1. The molecule has 7 heteroatoms. The van der Waals surface area contributed by atoms with Crippen LogP contribution in [0.3, 0.4) is 0 Å². The number of nitrogens with one attached hydrogen (secondary N) is 1. The topological polar surface area (TPSA) is 72.3 Å². The van der Waals surface area contributed by atoms with Crippen LogP contribution in [0.1, 0.15) is 25.0 Å². The number of rotatable bonds is 6. The molecule has 2 aromatic rings. The first-order chi connectivity index (χ1) is 12.1. The fourth-order valence-corrected chi connectivity index (χ4v) is 3.25. The molecule has 0 aliphatic carbocycles. The molecule has 2 unspecified atom stereocenters. The molecule has 1 saturated heterocycles. The van der Waals surface area contributed by atoms with Crippen molar-refractivity contribution in [3.63, 3.8) is 0 Å². The molecule has 134 valence electrons. The average Bonchev–Trinajstić information content (AvgIpc) is 3.06. The zero-order chi connectivity index (χ0) is 17.6. The Morgan fingerprint density at radius 1 is 1.24 bits per heavy atom. The Morgan fingerprint density at radius 3 is 2.64 bits per heavy atom. The van der Waals surface area contributed by atoms with Crippen molar-refractivity contribution in [2.45, 2.75) is 45.7 Å². The molecule has 2 heterocycles. The van der Waals surface area contributed by atoms with E-state index in [9.17, 15) is 4.79 Å².